The van der Waals surface area contributed by atoms with Gasteiger partial charge in [0, 0.05) is 33.7 Å². The summed E-state index contributed by atoms with van der Waals surface area (Å²) in [6.45, 7) is 1.79. The SMILES string of the molecule is O=C(CC1CCCN1)NCCc1cc(Br)cs1. The summed E-state index contributed by atoms with van der Waals surface area (Å²) in [6.07, 6.45) is 3.86. The van der Waals surface area contributed by atoms with E-state index in [1.807, 2.05) is 0 Å². The second-order valence-electron chi connectivity index (χ2n) is 4.33. The molecule has 1 fully saturated rings. The standard InChI is InChI=1S/C12H17BrN2OS/c13-9-6-11(17-8-9)3-5-15-12(16)7-10-2-1-4-14-10/h6,8,10,14H,1-5,7H2,(H,15,16). The van der Waals surface area contributed by atoms with E-state index in [4.69, 9.17) is 0 Å². The molecule has 0 spiro atoms. The van der Waals surface area contributed by atoms with Gasteiger partial charge in [-0.2, -0.15) is 0 Å². The van der Waals surface area contributed by atoms with E-state index in [-0.39, 0.29) is 5.91 Å². The summed E-state index contributed by atoms with van der Waals surface area (Å²) in [5.74, 6) is 0.167. The van der Waals surface area contributed by atoms with E-state index in [1.54, 1.807) is 11.3 Å². The molecule has 2 heterocycles. The van der Waals surface area contributed by atoms with Crippen molar-refractivity contribution in [2.24, 2.45) is 0 Å². The van der Waals surface area contributed by atoms with Crippen LogP contribution in [0.15, 0.2) is 15.9 Å². The van der Waals surface area contributed by atoms with Gasteiger partial charge in [-0.15, -0.1) is 11.3 Å². The first-order valence-corrected chi connectivity index (χ1v) is 7.64. The third kappa shape index (κ3) is 4.41. The van der Waals surface area contributed by atoms with Crippen molar-refractivity contribution in [1.29, 1.82) is 0 Å². The topological polar surface area (TPSA) is 41.1 Å². The number of rotatable bonds is 5. The van der Waals surface area contributed by atoms with Gasteiger partial charge in [0.1, 0.15) is 0 Å². The van der Waals surface area contributed by atoms with E-state index in [0.717, 1.165) is 30.4 Å². The monoisotopic (exact) mass is 316 g/mol. The smallest absolute Gasteiger partial charge is 0.221 e. The van der Waals surface area contributed by atoms with Crippen LogP contribution in [0.3, 0.4) is 0 Å². The predicted molar refractivity (Wildman–Crippen MR) is 74.4 cm³/mol. The van der Waals surface area contributed by atoms with Gasteiger partial charge in [-0.3, -0.25) is 4.79 Å². The minimum atomic E-state index is 0.167. The van der Waals surface area contributed by atoms with Gasteiger partial charge in [-0.05, 0) is 47.8 Å². The molecule has 1 aromatic rings. The van der Waals surface area contributed by atoms with Crippen LogP contribution >= 0.6 is 27.3 Å². The maximum atomic E-state index is 11.6. The lowest BCUT2D eigenvalue weighted by atomic mass is 10.1. The Bertz CT molecular complexity index is 374. The maximum absolute atomic E-state index is 11.6. The molecule has 17 heavy (non-hydrogen) atoms. The van der Waals surface area contributed by atoms with Crippen molar-refractivity contribution in [2.45, 2.75) is 31.7 Å². The van der Waals surface area contributed by atoms with Gasteiger partial charge < -0.3 is 10.6 Å². The molecule has 0 aliphatic carbocycles. The second kappa shape index (κ2) is 6.52. The molecule has 94 valence electrons. The van der Waals surface area contributed by atoms with E-state index in [2.05, 4.69) is 38.0 Å². The van der Waals surface area contributed by atoms with Crippen LogP contribution in [0.2, 0.25) is 0 Å². The first-order valence-electron chi connectivity index (χ1n) is 5.97. The van der Waals surface area contributed by atoms with E-state index in [9.17, 15) is 4.79 Å². The molecule has 1 aromatic heterocycles. The van der Waals surface area contributed by atoms with Crippen molar-refractivity contribution in [2.75, 3.05) is 13.1 Å². The third-order valence-corrected chi connectivity index (χ3v) is 4.67. The summed E-state index contributed by atoms with van der Waals surface area (Å²) in [6, 6.07) is 2.50. The summed E-state index contributed by atoms with van der Waals surface area (Å²) >= 11 is 5.15. The molecular weight excluding hydrogens is 300 g/mol. The van der Waals surface area contributed by atoms with Crippen LogP contribution in [0, 0.1) is 0 Å². The maximum Gasteiger partial charge on any atom is 0.221 e. The number of halogens is 1. The van der Waals surface area contributed by atoms with Gasteiger partial charge in [-0.25, -0.2) is 0 Å². The molecule has 0 radical (unpaired) electrons. The molecule has 5 heteroatoms. The molecule has 1 aliphatic rings. The Balaban J connectivity index is 1.62. The minimum absolute atomic E-state index is 0.167. The van der Waals surface area contributed by atoms with E-state index in [1.165, 1.54) is 11.3 Å². The first-order chi connectivity index (χ1) is 8.24. The van der Waals surface area contributed by atoms with Crippen molar-refractivity contribution in [1.82, 2.24) is 10.6 Å². The lowest BCUT2D eigenvalue weighted by Crippen LogP contribution is -2.32. The van der Waals surface area contributed by atoms with Crippen LogP contribution in [-0.2, 0) is 11.2 Å². The van der Waals surface area contributed by atoms with Crippen LogP contribution in [0.4, 0.5) is 0 Å². The second-order valence-corrected chi connectivity index (χ2v) is 6.24. The summed E-state index contributed by atoms with van der Waals surface area (Å²) in [7, 11) is 0. The lowest BCUT2D eigenvalue weighted by Gasteiger charge is -2.09. The van der Waals surface area contributed by atoms with E-state index < -0.39 is 0 Å². The Hall–Kier alpha value is -0.390. The zero-order valence-electron chi connectivity index (χ0n) is 9.67. The van der Waals surface area contributed by atoms with Crippen LogP contribution in [0.5, 0.6) is 0 Å². The Morgan fingerprint density at radius 1 is 1.65 bits per heavy atom. The van der Waals surface area contributed by atoms with Gasteiger partial charge >= 0.3 is 0 Å². The quantitative estimate of drug-likeness (QED) is 0.875. The minimum Gasteiger partial charge on any atom is -0.356 e. The molecule has 1 amide bonds. The summed E-state index contributed by atoms with van der Waals surface area (Å²) in [4.78, 5) is 12.9. The molecule has 3 nitrogen and oxygen atoms in total. The Kier molecular flexibility index (Phi) is 5.00. The average molecular weight is 317 g/mol. The molecule has 2 N–H and O–H groups in total. The summed E-state index contributed by atoms with van der Waals surface area (Å²) in [5.41, 5.74) is 0. The number of thiophene rings is 1. The number of carbonyl (C=O) groups is 1. The highest BCUT2D eigenvalue weighted by atomic mass is 79.9. The van der Waals surface area contributed by atoms with Gasteiger partial charge in [0.15, 0.2) is 0 Å². The van der Waals surface area contributed by atoms with Crippen LogP contribution in [-0.4, -0.2) is 25.0 Å². The zero-order chi connectivity index (χ0) is 12.1. The zero-order valence-corrected chi connectivity index (χ0v) is 12.1. The Labute approximate surface area is 114 Å². The first kappa shape index (κ1) is 13.1. The number of carbonyl (C=O) groups excluding carboxylic acids is 1. The molecule has 1 unspecified atom stereocenters. The average Bonchev–Trinajstić information content (AvgIpc) is 2.90. The predicted octanol–water partition coefficient (Wildman–Crippen LogP) is 2.31. The van der Waals surface area contributed by atoms with Gasteiger partial charge in [0.05, 0.1) is 0 Å². The molecule has 2 rings (SSSR count). The largest absolute Gasteiger partial charge is 0.356 e. The summed E-state index contributed by atoms with van der Waals surface area (Å²) in [5, 5.41) is 8.38. The number of amides is 1. The van der Waals surface area contributed by atoms with Crippen molar-refractivity contribution < 1.29 is 4.79 Å². The summed E-state index contributed by atoms with van der Waals surface area (Å²) < 4.78 is 1.12. The fraction of sp³-hybridized carbons (Fsp3) is 0.583. The lowest BCUT2D eigenvalue weighted by molar-refractivity contribution is -0.121. The van der Waals surface area contributed by atoms with Crippen molar-refractivity contribution >= 4 is 33.2 Å². The Morgan fingerprint density at radius 2 is 2.53 bits per heavy atom. The Morgan fingerprint density at radius 3 is 3.18 bits per heavy atom. The van der Waals surface area contributed by atoms with Crippen LogP contribution in [0.1, 0.15) is 24.1 Å². The normalized spacial score (nSPS) is 19.5. The third-order valence-electron chi connectivity index (χ3n) is 2.91. The highest BCUT2D eigenvalue weighted by Gasteiger charge is 2.17. The molecule has 0 aromatic carbocycles. The van der Waals surface area contributed by atoms with Crippen LogP contribution in [0.25, 0.3) is 0 Å². The molecule has 0 saturated carbocycles. The van der Waals surface area contributed by atoms with Crippen molar-refractivity contribution in [3.63, 3.8) is 0 Å². The molecule has 1 atom stereocenters. The van der Waals surface area contributed by atoms with Gasteiger partial charge in [0.25, 0.3) is 0 Å². The highest BCUT2D eigenvalue weighted by molar-refractivity contribution is 9.10. The number of nitrogens with one attached hydrogen (secondary N) is 2. The van der Waals surface area contributed by atoms with Gasteiger partial charge in [-0.1, -0.05) is 0 Å². The van der Waals surface area contributed by atoms with Crippen LogP contribution < -0.4 is 10.6 Å². The fourth-order valence-corrected chi connectivity index (χ4v) is 3.49. The molecule has 1 aliphatic heterocycles. The van der Waals surface area contributed by atoms with E-state index in [0.29, 0.717) is 12.5 Å². The van der Waals surface area contributed by atoms with Gasteiger partial charge in [0.2, 0.25) is 5.91 Å². The van der Waals surface area contributed by atoms with Crippen molar-refractivity contribution in [3.05, 3.63) is 20.8 Å². The number of hydrogen-bond donors (Lipinski definition) is 2. The van der Waals surface area contributed by atoms with Crippen molar-refractivity contribution in [3.8, 4) is 0 Å². The molecule has 1 saturated heterocycles. The molecular formula is C12H17BrN2OS. The molecule has 0 bridgehead atoms. The number of hydrogen-bond acceptors (Lipinski definition) is 3. The van der Waals surface area contributed by atoms with E-state index >= 15 is 0 Å². The highest BCUT2D eigenvalue weighted by Crippen LogP contribution is 2.19. The fourth-order valence-electron chi connectivity index (χ4n) is 2.04.